The normalized spacial score (nSPS) is 14.3. The Morgan fingerprint density at radius 2 is 1.75 bits per heavy atom. The van der Waals surface area contributed by atoms with Gasteiger partial charge in [0.1, 0.15) is 6.04 Å². The highest BCUT2D eigenvalue weighted by Gasteiger charge is 2.18. The van der Waals surface area contributed by atoms with E-state index in [-0.39, 0.29) is 6.04 Å². The number of aliphatic carboxylic acids is 1. The van der Waals surface area contributed by atoms with Gasteiger partial charge in [0, 0.05) is 6.04 Å². The fourth-order valence-electron chi connectivity index (χ4n) is 1.53. The third-order valence-corrected chi connectivity index (χ3v) is 2.21. The van der Waals surface area contributed by atoms with Crippen molar-refractivity contribution in [2.45, 2.75) is 52.6 Å². The molecule has 0 aliphatic heterocycles. The topological polar surface area (TPSA) is 78.4 Å². The van der Waals surface area contributed by atoms with Gasteiger partial charge in [-0.1, -0.05) is 20.8 Å². The molecule has 0 saturated carbocycles. The van der Waals surface area contributed by atoms with Crippen LogP contribution in [-0.4, -0.2) is 29.2 Å². The van der Waals surface area contributed by atoms with Crippen molar-refractivity contribution in [1.82, 2.24) is 10.6 Å². The summed E-state index contributed by atoms with van der Waals surface area (Å²) >= 11 is 0. The second-order valence-electron chi connectivity index (χ2n) is 4.45. The molecular weight excluding hydrogens is 208 g/mol. The zero-order chi connectivity index (χ0) is 12.7. The average molecular weight is 230 g/mol. The molecule has 0 rings (SSSR count). The van der Waals surface area contributed by atoms with Gasteiger partial charge in [-0.2, -0.15) is 0 Å². The summed E-state index contributed by atoms with van der Waals surface area (Å²) in [6, 6.07) is -1.18. The first-order chi connectivity index (χ1) is 7.36. The standard InChI is InChI=1S/C11H22N2O3/c1-5-9(10(14)15)13-11(16)12-8(4)6-7(2)3/h7-9H,5-6H2,1-4H3,(H,14,15)(H2,12,13,16). The number of carboxylic acid groups (broad SMARTS) is 1. The maximum Gasteiger partial charge on any atom is 0.326 e. The van der Waals surface area contributed by atoms with Crippen LogP contribution in [0.1, 0.15) is 40.5 Å². The van der Waals surface area contributed by atoms with Crippen LogP contribution in [-0.2, 0) is 4.79 Å². The van der Waals surface area contributed by atoms with Gasteiger partial charge in [-0.25, -0.2) is 9.59 Å². The van der Waals surface area contributed by atoms with Crippen molar-refractivity contribution >= 4 is 12.0 Å². The highest BCUT2D eigenvalue weighted by atomic mass is 16.4. The number of hydrogen-bond acceptors (Lipinski definition) is 2. The van der Waals surface area contributed by atoms with Crippen molar-refractivity contribution in [2.24, 2.45) is 5.92 Å². The molecule has 0 spiro atoms. The van der Waals surface area contributed by atoms with Gasteiger partial charge >= 0.3 is 12.0 Å². The van der Waals surface area contributed by atoms with Gasteiger partial charge in [0.2, 0.25) is 0 Å². The maximum absolute atomic E-state index is 11.4. The van der Waals surface area contributed by atoms with E-state index in [4.69, 9.17) is 5.11 Å². The molecule has 2 unspecified atom stereocenters. The molecule has 94 valence electrons. The van der Waals surface area contributed by atoms with E-state index in [1.807, 2.05) is 6.92 Å². The number of hydrogen-bond donors (Lipinski definition) is 3. The summed E-state index contributed by atoms with van der Waals surface area (Å²) in [6.07, 6.45) is 1.25. The van der Waals surface area contributed by atoms with Crippen LogP contribution in [0.2, 0.25) is 0 Å². The predicted octanol–water partition coefficient (Wildman–Crippen LogP) is 1.58. The van der Waals surface area contributed by atoms with Gasteiger partial charge < -0.3 is 15.7 Å². The molecule has 5 nitrogen and oxygen atoms in total. The molecule has 5 heteroatoms. The largest absolute Gasteiger partial charge is 0.480 e. The number of urea groups is 1. The quantitative estimate of drug-likeness (QED) is 0.648. The minimum Gasteiger partial charge on any atom is -0.480 e. The summed E-state index contributed by atoms with van der Waals surface area (Å²) in [7, 11) is 0. The minimum atomic E-state index is -1.01. The SMILES string of the molecule is CCC(NC(=O)NC(C)CC(C)C)C(=O)O. The Morgan fingerprint density at radius 3 is 2.12 bits per heavy atom. The van der Waals surface area contributed by atoms with E-state index < -0.39 is 18.0 Å². The number of carboxylic acids is 1. The molecule has 0 aliphatic carbocycles. The maximum atomic E-state index is 11.4. The summed E-state index contributed by atoms with van der Waals surface area (Å²) in [5, 5.41) is 13.9. The molecule has 0 heterocycles. The summed E-state index contributed by atoms with van der Waals surface area (Å²) in [6.45, 7) is 7.77. The molecule has 0 aromatic carbocycles. The van der Waals surface area contributed by atoms with Gasteiger partial charge in [0.05, 0.1) is 0 Å². The Balaban J connectivity index is 4.02. The monoisotopic (exact) mass is 230 g/mol. The summed E-state index contributed by atoms with van der Waals surface area (Å²) in [4.78, 5) is 22.1. The summed E-state index contributed by atoms with van der Waals surface area (Å²) < 4.78 is 0. The number of carbonyl (C=O) groups is 2. The van der Waals surface area contributed by atoms with Crippen LogP contribution in [0.4, 0.5) is 4.79 Å². The van der Waals surface area contributed by atoms with Crippen LogP contribution in [0.3, 0.4) is 0 Å². The van der Waals surface area contributed by atoms with Gasteiger partial charge in [-0.3, -0.25) is 0 Å². The van der Waals surface area contributed by atoms with Gasteiger partial charge in [-0.05, 0) is 25.7 Å². The van der Waals surface area contributed by atoms with Crippen molar-refractivity contribution < 1.29 is 14.7 Å². The predicted molar refractivity (Wildman–Crippen MR) is 62.3 cm³/mol. The van der Waals surface area contributed by atoms with Crippen LogP contribution in [0, 0.1) is 5.92 Å². The zero-order valence-electron chi connectivity index (χ0n) is 10.4. The Hall–Kier alpha value is -1.26. The molecule has 2 atom stereocenters. The van der Waals surface area contributed by atoms with E-state index >= 15 is 0 Å². The lowest BCUT2D eigenvalue weighted by Gasteiger charge is -2.18. The van der Waals surface area contributed by atoms with Crippen molar-refractivity contribution in [1.29, 1.82) is 0 Å². The van der Waals surface area contributed by atoms with Crippen molar-refractivity contribution in [3.8, 4) is 0 Å². The molecule has 0 fully saturated rings. The summed E-state index contributed by atoms with van der Waals surface area (Å²) in [5.74, 6) is -0.508. The molecule has 0 aromatic rings. The van der Waals surface area contributed by atoms with E-state index in [0.717, 1.165) is 6.42 Å². The number of carbonyl (C=O) groups excluding carboxylic acids is 1. The smallest absolute Gasteiger partial charge is 0.326 e. The second kappa shape index (κ2) is 7.09. The molecule has 0 radical (unpaired) electrons. The lowest BCUT2D eigenvalue weighted by molar-refractivity contribution is -0.139. The van der Waals surface area contributed by atoms with Crippen LogP contribution < -0.4 is 10.6 Å². The number of rotatable bonds is 6. The molecular formula is C11H22N2O3. The molecule has 0 bridgehead atoms. The third-order valence-electron chi connectivity index (χ3n) is 2.21. The number of amides is 2. The Kier molecular flexibility index (Phi) is 6.53. The third kappa shape index (κ3) is 6.27. The average Bonchev–Trinajstić information content (AvgIpc) is 2.11. The second-order valence-corrected chi connectivity index (χ2v) is 4.45. The van der Waals surface area contributed by atoms with Crippen LogP contribution in [0.5, 0.6) is 0 Å². The molecule has 0 aliphatic rings. The van der Waals surface area contributed by atoms with E-state index in [1.165, 1.54) is 0 Å². The minimum absolute atomic E-state index is 0.0475. The van der Waals surface area contributed by atoms with Gasteiger partial charge in [0.15, 0.2) is 0 Å². The lowest BCUT2D eigenvalue weighted by Crippen LogP contribution is -2.48. The Bertz CT molecular complexity index is 241. The Labute approximate surface area is 96.6 Å². The van der Waals surface area contributed by atoms with Gasteiger partial charge in [0.25, 0.3) is 0 Å². The first-order valence-electron chi connectivity index (χ1n) is 5.66. The molecule has 3 N–H and O–H groups in total. The molecule has 16 heavy (non-hydrogen) atoms. The van der Waals surface area contributed by atoms with Crippen molar-refractivity contribution in [3.63, 3.8) is 0 Å². The van der Waals surface area contributed by atoms with E-state index in [0.29, 0.717) is 12.3 Å². The van der Waals surface area contributed by atoms with Crippen molar-refractivity contribution in [3.05, 3.63) is 0 Å². The zero-order valence-corrected chi connectivity index (χ0v) is 10.4. The molecule has 2 amide bonds. The highest BCUT2D eigenvalue weighted by molar-refractivity contribution is 5.82. The van der Waals surface area contributed by atoms with Crippen LogP contribution in [0.15, 0.2) is 0 Å². The lowest BCUT2D eigenvalue weighted by atomic mass is 10.1. The first kappa shape index (κ1) is 14.7. The highest BCUT2D eigenvalue weighted by Crippen LogP contribution is 2.03. The van der Waals surface area contributed by atoms with E-state index in [2.05, 4.69) is 24.5 Å². The molecule has 0 aromatic heterocycles. The fourth-order valence-corrected chi connectivity index (χ4v) is 1.53. The fraction of sp³-hybridized carbons (Fsp3) is 0.818. The van der Waals surface area contributed by atoms with Gasteiger partial charge in [-0.15, -0.1) is 0 Å². The first-order valence-corrected chi connectivity index (χ1v) is 5.66. The van der Waals surface area contributed by atoms with E-state index in [9.17, 15) is 9.59 Å². The van der Waals surface area contributed by atoms with Crippen LogP contribution >= 0.6 is 0 Å². The van der Waals surface area contributed by atoms with Crippen LogP contribution in [0.25, 0.3) is 0 Å². The molecule has 0 saturated heterocycles. The summed E-state index contributed by atoms with van der Waals surface area (Å²) in [5.41, 5.74) is 0. The van der Waals surface area contributed by atoms with Crippen molar-refractivity contribution in [2.75, 3.05) is 0 Å². The number of nitrogens with one attached hydrogen (secondary N) is 2. The Morgan fingerprint density at radius 1 is 1.19 bits per heavy atom. The van der Waals surface area contributed by atoms with E-state index in [1.54, 1.807) is 6.92 Å².